The minimum atomic E-state index is -3.73. The van der Waals surface area contributed by atoms with Crippen LogP contribution in [0.1, 0.15) is 0 Å². The Morgan fingerprint density at radius 3 is 2.70 bits per heavy atom. The zero-order valence-electron chi connectivity index (χ0n) is 15.2. The molecule has 3 aromatic rings. The van der Waals surface area contributed by atoms with Gasteiger partial charge in [-0.2, -0.15) is 0 Å². The number of nitrogens with zero attached hydrogens (tertiary/aromatic N) is 2. The van der Waals surface area contributed by atoms with Crippen molar-refractivity contribution in [2.75, 3.05) is 32.2 Å². The predicted octanol–water partition coefficient (Wildman–Crippen LogP) is 2.73. The van der Waals surface area contributed by atoms with Gasteiger partial charge in [0.05, 0.1) is 16.1 Å². The van der Waals surface area contributed by atoms with Crippen LogP contribution in [0.3, 0.4) is 0 Å². The van der Waals surface area contributed by atoms with Crippen molar-refractivity contribution < 1.29 is 17.9 Å². The highest BCUT2D eigenvalue weighted by Gasteiger charge is 2.20. The van der Waals surface area contributed by atoms with Gasteiger partial charge in [-0.05, 0) is 49.8 Å². The van der Waals surface area contributed by atoms with Gasteiger partial charge in [-0.1, -0.05) is 6.07 Å². The summed E-state index contributed by atoms with van der Waals surface area (Å²) in [6, 6.07) is 12.2. The summed E-state index contributed by atoms with van der Waals surface area (Å²) in [5.41, 5.74) is 1.51. The van der Waals surface area contributed by atoms with Gasteiger partial charge in [0.1, 0.15) is 0 Å². The molecule has 1 aromatic heterocycles. The van der Waals surface area contributed by atoms with Crippen molar-refractivity contribution in [3.05, 3.63) is 48.7 Å². The van der Waals surface area contributed by atoms with Crippen molar-refractivity contribution >= 4 is 26.6 Å². The van der Waals surface area contributed by atoms with Crippen molar-refractivity contribution in [3.8, 4) is 11.5 Å². The maximum Gasteiger partial charge on any atom is 0.262 e. The van der Waals surface area contributed by atoms with Crippen molar-refractivity contribution in [2.24, 2.45) is 0 Å². The quantitative estimate of drug-likeness (QED) is 0.704. The average molecular weight is 387 g/mol. The lowest BCUT2D eigenvalue weighted by molar-refractivity contribution is 0.174. The smallest absolute Gasteiger partial charge is 0.262 e. The molecule has 0 unspecified atom stereocenters. The van der Waals surface area contributed by atoms with Crippen LogP contribution in [0.5, 0.6) is 11.5 Å². The Morgan fingerprint density at radius 1 is 1.07 bits per heavy atom. The number of rotatable bonds is 6. The SMILES string of the molecule is CN(C)CCn1ccc2ccc(NS(=O)(=O)c3ccc4c(c3)OCO4)cc21. The first-order chi connectivity index (χ1) is 12.9. The fraction of sp³-hybridized carbons (Fsp3) is 0.263. The van der Waals surface area contributed by atoms with E-state index >= 15 is 0 Å². The number of aromatic nitrogens is 1. The van der Waals surface area contributed by atoms with Crippen LogP contribution < -0.4 is 14.2 Å². The number of fused-ring (bicyclic) bond motifs is 2. The minimum Gasteiger partial charge on any atom is -0.454 e. The minimum absolute atomic E-state index is 0.104. The molecule has 27 heavy (non-hydrogen) atoms. The number of hydrogen-bond acceptors (Lipinski definition) is 5. The standard InChI is InChI=1S/C19H21N3O4S/c1-21(2)9-10-22-8-7-14-3-4-15(11-17(14)22)20-27(23,24)16-5-6-18-19(12-16)26-13-25-18/h3-8,11-12,20H,9-10,13H2,1-2H3. The molecule has 1 N–H and O–H groups in total. The summed E-state index contributed by atoms with van der Waals surface area (Å²) in [5.74, 6) is 0.986. The molecule has 0 atom stereocenters. The van der Waals surface area contributed by atoms with Crippen LogP contribution in [0.25, 0.3) is 10.9 Å². The summed E-state index contributed by atoms with van der Waals surface area (Å²) in [6.07, 6.45) is 2.02. The Balaban J connectivity index is 1.61. The lowest BCUT2D eigenvalue weighted by atomic mass is 10.2. The highest BCUT2D eigenvalue weighted by Crippen LogP contribution is 2.34. The van der Waals surface area contributed by atoms with Crippen molar-refractivity contribution in [1.29, 1.82) is 0 Å². The number of ether oxygens (including phenoxy) is 2. The Hall–Kier alpha value is -2.71. The van der Waals surface area contributed by atoms with Gasteiger partial charge < -0.3 is 18.9 Å². The van der Waals surface area contributed by atoms with Gasteiger partial charge in [0, 0.05) is 25.4 Å². The summed E-state index contributed by atoms with van der Waals surface area (Å²) in [6.45, 7) is 1.83. The van der Waals surface area contributed by atoms with E-state index in [2.05, 4.69) is 14.2 Å². The molecule has 1 aliphatic rings. The van der Waals surface area contributed by atoms with Gasteiger partial charge in [-0.3, -0.25) is 4.72 Å². The summed E-state index contributed by atoms with van der Waals surface area (Å²) in [4.78, 5) is 2.24. The number of nitrogens with one attached hydrogen (secondary N) is 1. The van der Waals surface area contributed by atoms with Crippen LogP contribution in [0.2, 0.25) is 0 Å². The Labute approximate surface area is 158 Å². The third-order valence-electron chi connectivity index (χ3n) is 4.47. The Morgan fingerprint density at radius 2 is 1.89 bits per heavy atom. The second-order valence-corrected chi connectivity index (χ2v) is 8.39. The highest BCUT2D eigenvalue weighted by molar-refractivity contribution is 7.92. The molecular formula is C19H21N3O4S. The molecule has 0 amide bonds. The summed E-state index contributed by atoms with van der Waals surface area (Å²) < 4.78 is 40.8. The van der Waals surface area contributed by atoms with E-state index in [9.17, 15) is 8.42 Å². The van der Waals surface area contributed by atoms with E-state index in [1.807, 2.05) is 38.5 Å². The second kappa shape index (κ2) is 6.79. The molecule has 0 radical (unpaired) electrons. The summed E-state index contributed by atoms with van der Waals surface area (Å²) >= 11 is 0. The van der Waals surface area contributed by atoms with Gasteiger partial charge >= 0.3 is 0 Å². The monoisotopic (exact) mass is 387 g/mol. The van der Waals surface area contributed by atoms with Gasteiger partial charge in [0.2, 0.25) is 6.79 Å². The topological polar surface area (TPSA) is 72.8 Å². The number of hydrogen-bond donors (Lipinski definition) is 1. The Bertz CT molecular complexity index is 1090. The van der Waals surface area contributed by atoms with Gasteiger partial charge in [0.15, 0.2) is 11.5 Å². The lowest BCUT2D eigenvalue weighted by Gasteiger charge is -2.12. The largest absolute Gasteiger partial charge is 0.454 e. The maximum absolute atomic E-state index is 12.8. The van der Waals surface area contributed by atoms with Crippen molar-refractivity contribution in [2.45, 2.75) is 11.4 Å². The fourth-order valence-corrected chi connectivity index (χ4v) is 4.07. The molecule has 1 aliphatic heterocycles. The van der Waals surface area contributed by atoms with E-state index in [1.54, 1.807) is 12.1 Å². The molecule has 2 aromatic carbocycles. The van der Waals surface area contributed by atoms with Gasteiger partial charge in [0.25, 0.3) is 10.0 Å². The van der Waals surface area contributed by atoms with Crippen LogP contribution in [0.15, 0.2) is 53.6 Å². The van der Waals surface area contributed by atoms with Crippen LogP contribution in [-0.2, 0) is 16.6 Å². The first-order valence-corrected chi connectivity index (χ1v) is 10.1. The zero-order chi connectivity index (χ0) is 19.0. The van der Waals surface area contributed by atoms with Crippen LogP contribution >= 0.6 is 0 Å². The van der Waals surface area contributed by atoms with Crippen molar-refractivity contribution in [1.82, 2.24) is 9.47 Å². The molecule has 0 fully saturated rings. The van der Waals surface area contributed by atoms with E-state index in [0.29, 0.717) is 17.2 Å². The third kappa shape index (κ3) is 3.58. The molecule has 0 aliphatic carbocycles. The van der Waals surface area contributed by atoms with E-state index in [0.717, 1.165) is 24.0 Å². The molecule has 0 bridgehead atoms. The molecule has 0 saturated carbocycles. The number of sulfonamides is 1. The predicted molar refractivity (Wildman–Crippen MR) is 104 cm³/mol. The maximum atomic E-state index is 12.8. The van der Waals surface area contributed by atoms with Crippen LogP contribution in [0, 0.1) is 0 Å². The third-order valence-corrected chi connectivity index (χ3v) is 5.85. The van der Waals surface area contributed by atoms with Crippen LogP contribution in [-0.4, -0.2) is 45.3 Å². The number of benzene rings is 2. The second-order valence-electron chi connectivity index (χ2n) is 6.71. The fourth-order valence-electron chi connectivity index (χ4n) is 3.01. The normalized spacial score (nSPS) is 13.4. The number of likely N-dealkylation sites (N-methyl/N-ethyl adjacent to an activating group) is 1. The Kier molecular flexibility index (Phi) is 4.45. The molecular weight excluding hydrogens is 366 g/mol. The van der Waals surface area contributed by atoms with E-state index in [1.165, 1.54) is 12.1 Å². The molecule has 0 saturated heterocycles. The first-order valence-electron chi connectivity index (χ1n) is 8.58. The molecule has 0 spiro atoms. The highest BCUT2D eigenvalue weighted by atomic mass is 32.2. The van der Waals surface area contributed by atoms with Crippen molar-refractivity contribution in [3.63, 3.8) is 0 Å². The molecule has 8 heteroatoms. The molecule has 2 heterocycles. The first kappa shape index (κ1) is 17.7. The van der Waals surface area contributed by atoms with E-state index in [4.69, 9.17) is 9.47 Å². The average Bonchev–Trinajstić information content (AvgIpc) is 3.25. The molecule has 142 valence electrons. The van der Waals surface area contributed by atoms with Gasteiger partial charge in [-0.25, -0.2) is 8.42 Å². The van der Waals surface area contributed by atoms with Crippen LogP contribution in [0.4, 0.5) is 5.69 Å². The van der Waals surface area contributed by atoms with Gasteiger partial charge in [-0.15, -0.1) is 0 Å². The lowest BCUT2D eigenvalue weighted by Crippen LogP contribution is -2.18. The van der Waals surface area contributed by atoms with E-state index < -0.39 is 10.0 Å². The zero-order valence-corrected chi connectivity index (χ0v) is 16.0. The number of anilines is 1. The molecule has 7 nitrogen and oxygen atoms in total. The molecule has 4 rings (SSSR count). The van der Waals surface area contributed by atoms with E-state index in [-0.39, 0.29) is 11.7 Å². The summed E-state index contributed by atoms with van der Waals surface area (Å²) in [7, 11) is 0.321. The summed E-state index contributed by atoms with van der Waals surface area (Å²) in [5, 5.41) is 1.07.